The molecule has 1 fully saturated rings. The number of halogens is 6. The van der Waals surface area contributed by atoms with Crippen LogP contribution in [-0.2, 0) is 9.59 Å². The molecule has 1 N–H and O–H groups in total. The molecule has 0 aromatic heterocycles. The molecule has 166 valence electrons. The zero-order valence-electron chi connectivity index (χ0n) is 16.0. The van der Waals surface area contributed by atoms with E-state index >= 15 is 0 Å². The van der Waals surface area contributed by atoms with E-state index in [-0.39, 0.29) is 12.1 Å². The molecule has 1 aliphatic heterocycles. The molecule has 1 saturated heterocycles. The highest BCUT2D eigenvalue weighted by Gasteiger charge is 2.44. The van der Waals surface area contributed by atoms with Crippen LogP contribution in [0.4, 0.5) is 32.0 Å². The fourth-order valence-corrected chi connectivity index (χ4v) is 3.32. The number of alkyl halides is 3. The lowest BCUT2D eigenvalue weighted by Crippen LogP contribution is -2.33. The smallest absolute Gasteiger partial charge is 0.422 e. The monoisotopic (exact) mass is 446 g/mol. The molecule has 31 heavy (non-hydrogen) atoms. The number of anilines is 1. The molecule has 0 saturated carbocycles. The Bertz CT molecular complexity index is 1010. The third-order valence-corrected chi connectivity index (χ3v) is 4.78. The normalized spacial score (nSPS) is 18.9. The van der Waals surface area contributed by atoms with Crippen molar-refractivity contribution in [3.8, 4) is 5.75 Å². The molecule has 5 nitrogen and oxygen atoms in total. The Balaban J connectivity index is 1.88. The number of nitrogens with zero attached hydrogens (tertiary/aromatic N) is 1. The Morgan fingerprint density at radius 3 is 2.55 bits per heavy atom. The largest absolute Gasteiger partial charge is 0.481 e. The maximum atomic E-state index is 13.9. The first-order valence-electron chi connectivity index (χ1n) is 8.97. The molecule has 2 aromatic carbocycles. The average Bonchev–Trinajstić information content (AvgIpc) is 2.99. The predicted molar refractivity (Wildman–Crippen MR) is 96.8 cm³/mol. The highest BCUT2D eigenvalue weighted by atomic mass is 19.4. The zero-order valence-corrected chi connectivity index (χ0v) is 16.0. The van der Waals surface area contributed by atoms with Crippen molar-refractivity contribution in [1.29, 1.82) is 0 Å². The Kier molecular flexibility index (Phi) is 6.14. The van der Waals surface area contributed by atoms with Crippen molar-refractivity contribution in [2.24, 2.45) is 5.92 Å². The van der Waals surface area contributed by atoms with Crippen molar-refractivity contribution < 1.29 is 40.7 Å². The van der Waals surface area contributed by atoms with Gasteiger partial charge in [0.05, 0.1) is 5.69 Å². The van der Waals surface area contributed by atoms with E-state index in [4.69, 9.17) is 0 Å². The van der Waals surface area contributed by atoms with Crippen LogP contribution >= 0.6 is 0 Å². The number of rotatable bonds is 5. The summed E-state index contributed by atoms with van der Waals surface area (Å²) in [5.74, 6) is -8.10. The van der Waals surface area contributed by atoms with Crippen LogP contribution in [0.1, 0.15) is 11.5 Å². The van der Waals surface area contributed by atoms with Crippen LogP contribution in [0.3, 0.4) is 0 Å². The van der Waals surface area contributed by atoms with Gasteiger partial charge in [-0.15, -0.1) is 0 Å². The average molecular weight is 446 g/mol. The van der Waals surface area contributed by atoms with Gasteiger partial charge in [0, 0.05) is 19.5 Å². The van der Waals surface area contributed by atoms with Gasteiger partial charge in [-0.25, -0.2) is 13.2 Å². The number of amides is 2. The Labute approximate surface area is 172 Å². The molecule has 0 radical (unpaired) electrons. The topological polar surface area (TPSA) is 58.6 Å². The minimum Gasteiger partial charge on any atom is -0.481 e. The van der Waals surface area contributed by atoms with Crippen LogP contribution in [0.2, 0.25) is 0 Å². The van der Waals surface area contributed by atoms with Gasteiger partial charge in [0.25, 0.3) is 0 Å². The number of carbonyl (C=O) groups excluding carboxylic acids is 2. The highest BCUT2D eigenvalue weighted by molar-refractivity contribution is 6.08. The Morgan fingerprint density at radius 2 is 1.87 bits per heavy atom. The minimum atomic E-state index is -4.69. The van der Waals surface area contributed by atoms with Gasteiger partial charge in [0.1, 0.15) is 5.92 Å². The van der Waals surface area contributed by atoms with Gasteiger partial charge < -0.3 is 15.0 Å². The Morgan fingerprint density at radius 1 is 1.16 bits per heavy atom. The SMILES string of the molecule is CN1CC(c2ccc(F)c(OCC(F)(F)F)c2)C(C(=O)Nc2cccc(F)c2F)C1=O. The lowest BCUT2D eigenvalue weighted by Gasteiger charge is -2.18. The Hall–Kier alpha value is -3.24. The first kappa shape index (κ1) is 22.4. The molecule has 0 spiro atoms. The quantitative estimate of drug-likeness (QED) is 0.561. The van der Waals surface area contributed by atoms with E-state index in [0.717, 1.165) is 24.3 Å². The van der Waals surface area contributed by atoms with E-state index in [9.17, 15) is 35.9 Å². The lowest BCUT2D eigenvalue weighted by molar-refractivity contribution is -0.153. The second kappa shape index (κ2) is 8.48. The van der Waals surface area contributed by atoms with Crippen LogP contribution in [-0.4, -0.2) is 43.1 Å². The van der Waals surface area contributed by atoms with E-state index in [1.165, 1.54) is 24.1 Å². The molecule has 1 heterocycles. The molecule has 2 amide bonds. The van der Waals surface area contributed by atoms with Gasteiger partial charge in [-0.2, -0.15) is 13.2 Å². The summed E-state index contributed by atoms with van der Waals surface area (Å²) >= 11 is 0. The number of ether oxygens (including phenoxy) is 1. The number of likely N-dealkylation sites (N-methyl/N-ethyl adjacent to an activating group) is 1. The van der Waals surface area contributed by atoms with Crippen molar-refractivity contribution in [2.45, 2.75) is 12.1 Å². The first-order chi connectivity index (χ1) is 14.5. The van der Waals surface area contributed by atoms with Gasteiger partial charge in [0.2, 0.25) is 11.8 Å². The molecule has 1 aliphatic rings. The summed E-state index contributed by atoms with van der Waals surface area (Å²) < 4.78 is 82.9. The number of benzene rings is 2. The molecule has 2 atom stereocenters. The van der Waals surface area contributed by atoms with Crippen LogP contribution in [0.15, 0.2) is 36.4 Å². The molecular formula is C20H16F6N2O3. The molecule has 11 heteroatoms. The van der Waals surface area contributed by atoms with Crippen molar-refractivity contribution in [2.75, 3.05) is 25.5 Å². The second-order valence-electron chi connectivity index (χ2n) is 6.99. The lowest BCUT2D eigenvalue weighted by atomic mass is 9.87. The summed E-state index contributed by atoms with van der Waals surface area (Å²) in [6.45, 7) is -1.73. The van der Waals surface area contributed by atoms with Crippen LogP contribution in [0.25, 0.3) is 0 Å². The summed E-state index contributed by atoms with van der Waals surface area (Å²) in [7, 11) is 1.40. The zero-order chi connectivity index (χ0) is 22.9. The van der Waals surface area contributed by atoms with Crippen LogP contribution in [0, 0.1) is 23.4 Å². The third-order valence-electron chi connectivity index (χ3n) is 4.78. The molecule has 0 bridgehead atoms. The van der Waals surface area contributed by atoms with Gasteiger partial charge >= 0.3 is 6.18 Å². The maximum absolute atomic E-state index is 13.9. The van der Waals surface area contributed by atoms with E-state index in [0.29, 0.717) is 0 Å². The van der Waals surface area contributed by atoms with Crippen LogP contribution < -0.4 is 10.1 Å². The first-order valence-corrected chi connectivity index (χ1v) is 8.97. The molecule has 2 unspecified atom stereocenters. The van der Waals surface area contributed by atoms with Crippen LogP contribution in [0.5, 0.6) is 5.75 Å². The predicted octanol–water partition coefficient (Wildman–Crippen LogP) is 3.86. The number of hydrogen-bond acceptors (Lipinski definition) is 3. The van der Waals surface area contributed by atoms with Gasteiger partial charge in [-0.05, 0) is 29.8 Å². The summed E-state index contributed by atoms with van der Waals surface area (Å²) in [6, 6.07) is 6.19. The van der Waals surface area contributed by atoms with E-state index in [2.05, 4.69) is 10.1 Å². The van der Waals surface area contributed by atoms with Gasteiger partial charge in [-0.1, -0.05) is 12.1 Å². The van der Waals surface area contributed by atoms with E-state index in [1.54, 1.807) is 0 Å². The molecule has 2 aromatic rings. The van der Waals surface area contributed by atoms with E-state index in [1.807, 2.05) is 0 Å². The van der Waals surface area contributed by atoms with Crippen molar-refractivity contribution >= 4 is 17.5 Å². The molecular weight excluding hydrogens is 430 g/mol. The number of nitrogens with one attached hydrogen (secondary N) is 1. The number of hydrogen-bond donors (Lipinski definition) is 1. The third kappa shape index (κ3) is 4.92. The summed E-state index contributed by atoms with van der Waals surface area (Å²) in [6.07, 6.45) is -4.69. The molecule has 0 aliphatic carbocycles. The van der Waals surface area contributed by atoms with Crippen molar-refractivity contribution in [3.63, 3.8) is 0 Å². The standard InChI is InChI=1S/C20H16F6N2O3/c1-28-8-11(10-5-6-12(21)15(7-10)31-9-20(24,25)26)16(19(28)30)18(29)27-14-4-2-3-13(22)17(14)23/h2-7,11,16H,8-9H2,1H3,(H,27,29). The minimum absolute atomic E-state index is 0.00705. The van der Waals surface area contributed by atoms with Gasteiger partial charge in [-0.3, -0.25) is 9.59 Å². The highest BCUT2D eigenvalue weighted by Crippen LogP contribution is 2.36. The fourth-order valence-electron chi connectivity index (χ4n) is 3.32. The summed E-state index contributed by atoms with van der Waals surface area (Å²) in [4.78, 5) is 26.5. The second-order valence-corrected chi connectivity index (χ2v) is 6.99. The summed E-state index contributed by atoms with van der Waals surface area (Å²) in [5, 5.41) is 2.16. The molecule has 3 rings (SSSR count). The van der Waals surface area contributed by atoms with E-state index < -0.39 is 65.3 Å². The maximum Gasteiger partial charge on any atom is 0.422 e. The van der Waals surface area contributed by atoms with Crippen molar-refractivity contribution in [3.05, 3.63) is 59.4 Å². The number of carbonyl (C=O) groups is 2. The fraction of sp³-hybridized carbons (Fsp3) is 0.300. The van der Waals surface area contributed by atoms with Gasteiger partial charge in [0.15, 0.2) is 29.8 Å². The number of likely N-dealkylation sites (tertiary alicyclic amines) is 1. The van der Waals surface area contributed by atoms with Crippen molar-refractivity contribution in [1.82, 2.24) is 4.90 Å². The summed E-state index contributed by atoms with van der Waals surface area (Å²) in [5.41, 5.74) is -0.296.